The summed E-state index contributed by atoms with van der Waals surface area (Å²) >= 11 is 2.46. The van der Waals surface area contributed by atoms with Crippen LogP contribution in [0.15, 0.2) is 36.4 Å². The lowest BCUT2D eigenvalue weighted by Crippen LogP contribution is -2.23. The summed E-state index contributed by atoms with van der Waals surface area (Å²) in [5.41, 5.74) is 6.67. The molecular weight excluding hydrogens is 373 g/mol. The van der Waals surface area contributed by atoms with E-state index in [1.807, 2.05) is 0 Å². The lowest BCUT2D eigenvalue weighted by atomic mass is 9.94. The predicted molar refractivity (Wildman–Crippen MR) is 94.4 cm³/mol. The van der Waals surface area contributed by atoms with Gasteiger partial charge in [0.25, 0.3) is 0 Å². The molecule has 1 N–H and O–H groups in total. The van der Waals surface area contributed by atoms with E-state index in [0.717, 1.165) is 19.8 Å². The molecule has 0 fully saturated rings. The van der Waals surface area contributed by atoms with Crippen LogP contribution >= 0.6 is 22.6 Å². The van der Waals surface area contributed by atoms with E-state index in [0.29, 0.717) is 0 Å². The quantitative estimate of drug-likeness (QED) is 0.781. The van der Waals surface area contributed by atoms with Crippen LogP contribution < -0.4 is 5.32 Å². The molecule has 0 aromatic heterocycles. The SMILES string of the molecule is CCNC(c1ccc2c(c1)COC2)c1cccc(C)c1I. The van der Waals surface area contributed by atoms with Gasteiger partial charge in [-0.1, -0.05) is 43.3 Å². The van der Waals surface area contributed by atoms with Gasteiger partial charge in [0.2, 0.25) is 0 Å². The van der Waals surface area contributed by atoms with Gasteiger partial charge in [0.05, 0.1) is 19.3 Å². The summed E-state index contributed by atoms with van der Waals surface area (Å²) in [5, 5.41) is 3.63. The molecule has 0 amide bonds. The largest absolute Gasteiger partial charge is 0.372 e. The fraction of sp³-hybridized carbons (Fsp3) is 0.333. The van der Waals surface area contributed by atoms with Crippen LogP contribution in [0.1, 0.15) is 40.8 Å². The van der Waals surface area contributed by atoms with Crippen molar-refractivity contribution in [2.24, 2.45) is 0 Å². The summed E-state index contributed by atoms with van der Waals surface area (Å²) in [7, 11) is 0. The first kappa shape index (κ1) is 15.0. The normalized spacial score (nSPS) is 15.0. The van der Waals surface area contributed by atoms with E-state index < -0.39 is 0 Å². The van der Waals surface area contributed by atoms with E-state index in [4.69, 9.17) is 4.74 Å². The van der Waals surface area contributed by atoms with Gasteiger partial charge in [-0.15, -0.1) is 0 Å². The summed E-state index contributed by atoms with van der Waals surface area (Å²) < 4.78 is 6.88. The predicted octanol–water partition coefficient (Wildman–Crippen LogP) is 4.33. The van der Waals surface area contributed by atoms with Crippen LogP contribution in [0.25, 0.3) is 0 Å². The van der Waals surface area contributed by atoms with E-state index >= 15 is 0 Å². The van der Waals surface area contributed by atoms with E-state index in [2.05, 4.69) is 78.2 Å². The Labute approximate surface area is 140 Å². The lowest BCUT2D eigenvalue weighted by Gasteiger charge is -2.22. The Morgan fingerprint density at radius 3 is 2.81 bits per heavy atom. The zero-order valence-corrected chi connectivity index (χ0v) is 14.6. The van der Waals surface area contributed by atoms with Crippen LogP contribution in [0.5, 0.6) is 0 Å². The molecule has 3 rings (SSSR count). The van der Waals surface area contributed by atoms with E-state index in [9.17, 15) is 0 Å². The molecule has 2 nitrogen and oxygen atoms in total. The third-order valence-corrected chi connectivity index (χ3v) is 5.49. The van der Waals surface area contributed by atoms with Crippen LogP contribution in [-0.2, 0) is 18.0 Å². The first-order valence-corrected chi connectivity index (χ1v) is 8.46. The van der Waals surface area contributed by atoms with Crippen molar-refractivity contribution in [1.82, 2.24) is 5.32 Å². The number of fused-ring (bicyclic) bond motifs is 1. The fourth-order valence-electron chi connectivity index (χ4n) is 2.88. The van der Waals surface area contributed by atoms with E-state index in [1.165, 1.54) is 31.4 Å². The molecule has 3 heteroatoms. The zero-order chi connectivity index (χ0) is 14.8. The molecule has 0 saturated heterocycles. The van der Waals surface area contributed by atoms with Gasteiger partial charge in [0.1, 0.15) is 0 Å². The number of nitrogens with one attached hydrogen (secondary N) is 1. The van der Waals surface area contributed by atoms with Crippen LogP contribution in [0.4, 0.5) is 0 Å². The summed E-state index contributed by atoms with van der Waals surface area (Å²) in [6, 6.07) is 13.5. The van der Waals surface area contributed by atoms with Gasteiger partial charge in [-0.2, -0.15) is 0 Å². The minimum atomic E-state index is 0.243. The van der Waals surface area contributed by atoms with Crippen LogP contribution in [-0.4, -0.2) is 6.54 Å². The van der Waals surface area contributed by atoms with Crippen molar-refractivity contribution in [2.45, 2.75) is 33.1 Å². The molecule has 110 valence electrons. The second-order valence-electron chi connectivity index (χ2n) is 5.49. The molecule has 2 aromatic rings. The van der Waals surface area contributed by atoms with Gasteiger partial charge >= 0.3 is 0 Å². The number of ether oxygens (including phenoxy) is 1. The van der Waals surface area contributed by atoms with Gasteiger partial charge in [-0.3, -0.25) is 0 Å². The summed E-state index contributed by atoms with van der Waals surface area (Å²) in [5.74, 6) is 0. The number of benzene rings is 2. The first-order chi connectivity index (χ1) is 10.2. The minimum Gasteiger partial charge on any atom is -0.372 e. The maximum absolute atomic E-state index is 5.54. The van der Waals surface area contributed by atoms with Gasteiger partial charge in [0, 0.05) is 3.57 Å². The smallest absolute Gasteiger partial charge is 0.0725 e. The maximum atomic E-state index is 5.54. The Morgan fingerprint density at radius 1 is 1.19 bits per heavy atom. The highest BCUT2D eigenvalue weighted by Crippen LogP contribution is 2.31. The Balaban J connectivity index is 2.03. The number of hydrogen-bond donors (Lipinski definition) is 1. The van der Waals surface area contributed by atoms with E-state index in [-0.39, 0.29) is 6.04 Å². The molecule has 2 aromatic carbocycles. The molecule has 1 aliphatic rings. The third-order valence-electron chi connectivity index (χ3n) is 4.02. The standard InChI is InChI=1S/C18H20INO/c1-3-20-18(16-6-4-5-12(2)17(16)19)13-7-8-14-10-21-11-15(14)9-13/h4-9,18,20H,3,10-11H2,1-2H3. The Hall–Kier alpha value is -0.910. The Morgan fingerprint density at radius 2 is 2.00 bits per heavy atom. The molecular formula is C18H20INO. The first-order valence-electron chi connectivity index (χ1n) is 7.38. The van der Waals surface area contributed by atoms with Crippen molar-refractivity contribution in [3.05, 3.63) is 67.8 Å². The molecule has 0 aliphatic carbocycles. The second-order valence-corrected chi connectivity index (χ2v) is 6.57. The summed E-state index contributed by atoms with van der Waals surface area (Å²) in [6.07, 6.45) is 0. The maximum Gasteiger partial charge on any atom is 0.0725 e. The summed E-state index contributed by atoms with van der Waals surface area (Å²) in [4.78, 5) is 0. The average Bonchev–Trinajstić information content (AvgIpc) is 2.95. The minimum absolute atomic E-state index is 0.243. The highest BCUT2D eigenvalue weighted by molar-refractivity contribution is 14.1. The summed E-state index contributed by atoms with van der Waals surface area (Å²) in [6.45, 7) is 6.77. The topological polar surface area (TPSA) is 21.3 Å². The van der Waals surface area contributed by atoms with Crippen LogP contribution in [0, 0.1) is 10.5 Å². The van der Waals surface area contributed by atoms with Gasteiger partial charge in [-0.05, 0) is 63.9 Å². The van der Waals surface area contributed by atoms with Crippen molar-refractivity contribution < 1.29 is 4.74 Å². The van der Waals surface area contributed by atoms with Crippen molar-refractivity contribution in [3.63, 3.8) is 0 Å². The van der Waals surface area contributed by atoms with Crippen molar-refractivity contribution >= 4 is 22.6 Å². The molecule has 21 heavy (non-hydrogen) atoms. The highest BCUT2D eigenvalue weighted by Gasteiger charge is 2.19. The molecule has 1 heterocycles. The number of halogens is 1. The van der Waals surface area contributed by atoms with Crippen LogP contribution in [0.2, 0.25) is 0 Å². The van der Waals surface area contributed by atoms with Crippen LogP contribution in [0.3, 0.4) is 0 Å². The Bertz CT molecular complexity index is 654. The molecule has 0 spiro atoms. The fourth-order valence-corrected chi connectivity index (χ4v) is 3.55. The van der Waals surface area contributed by atoms with Crippen molar-refractivity contribution in [2.75, 3.05) is 6.54 Å². The van der Waals surface area contributed by atoms with Crippen molar-refractivity contribution in [3.8, 4) is 0 Å². The second kappa shape index (κ2) is 6.46. The van der Waals surface area contributed by atoms with Crippen molar-refractivity contribution in [1.29, 1.82) is 0 Å². The zero-order valence-electron chi connectivity index (χ0n) is 12.4. The number of hydrogen-bond acceptors (Lipinski definition) is 2. The Kier molecular flexibility index (Phi) is 4.62. The monoisotopic (exact) mass is 393 g/mol. The molecule has 0 bridgehead atoms. The number of aryl methyl sites for hydroxylation is 1. The average molecular weight is 393 g/mol. The van der Waals surface area contributed by atoms with E-state index in [1.54, 1.807) is 0 Å². The highest BCUT2D eigenvalue weighted by atomic mass is 127. The third kappa shape index (κ3) is 3.00. The van der Waals surface area contributed by atoms with Gasteiger partial charge in [0.15, 0.2) is 0 Å². The molecule has 1 aliphatic heterocycles. The molecule has 1 atom stereocenters. The molecule has 0 radical (unpaired) electrons. The van der Waals surface area contributed by atoms with Gasteiger partial charge < -0.3 is 10.1 Å². The van der Waals surface area contributed by atoms with Gasteiger partial charge in [-0.25, -0.2) is 0 Å². The molecule has 0 saturated carbocycles. The molecule has 1 unspecified atom stereocenters. The number of rotatable bonds is 4. The lowest BCUT2D eigenvalue weighted by molar-refractivity contribution is 0.134.